The second-order valence-corrected chi connectivity index (χ2v) is 3.81. The third kappa shape index (κ3) is 2.37. The van der Waals surface area contributed by atoms with Gasteiger partial charge in [-0.05, 0) is 24.5 Å². The molecule has 0 aliphatic rings. The Labute approximate surface area is 86.3 Å². The molecule has 0 spiro atoms. The van der Waals surface area contributed by atoms with E-state index in [2.05, 4.69) is 22.9 Å². The first kappa shape index (κ1) is 10.4. The molecule has 0 unspecified atom stereocenters. The van der Waals surface area contributed by atoms with Crippen molar-refractivity contribution in [3.63, 3.8) is 0 Å². The summed E-state index contributed by atoms with van der Waals surface area (Å²) in [6, 6.07) is 2.95. The molecule has 2 nitrogen and oxygen atoms in total. The van der Waals surface area contributed by atoms with Crippen molar-refractivity contribution in [1.29, 1.82) is 0 Å². The lowest BCUT2D eigenvalue weighted by Gasteiger charge is -2.23. The first-order chi connectivity index (χ1) is 6.16. The van der Waals surface area contributed by atoms with E-state index in [9.17, 15) is 10.2 Å². The average Bonchev–Trinajstić information content (AvgIpc) is 2.12. The van der Waals surface area contributed by atoms with E-state index in [1.165, 1.54) is 6.07 Å². The minimum Gasteiger partial charge on any atom is -0.873 e. The van der Waals surface area contributed by atoms with Crippen molar-refractivity contribution in [1.82, 2.24) is 0 Å². The van der Waals surface area contributed by atoms with E-state index < -0.39 is 5.75 Å². The van der Waals surface area contributed by atoms with Gasteiger partial charge in [0.1, 0.15) is 0 Å². The highest BCUT2D eigenvalue weighted by atomic mass is 79.9. The normalized spacial score (nSPS) is 10.3. The molecular weight excluding hydrogens is 232 g/mol. The maximum Gasteiger partial charge on any atom is 0.0200 e. The van der Waals surface area contributed by atoms with Gasteiger partial charge in [0.05, 0.1) is 0 Å². The summed E-state index contributed by atoms with van der Waals surface area (Å²) in [6.45, 7) is 2.05. The van der Waals surface area contributed by atoms with Crippen LogP contribution in [0.3, 0.4) is 0 Å². The molecule has 13 heavy (non-hydrogen) atoms. The fourth-order valence-electron chi connectivity index (χ4n) is 1.17. The summed E-state index contributed by atoms with van der Waals surface area (Å²) in [5.41, 5.74) is 0.620. The maximum absolute atomic E-state index is 11.4. The molecule has 1 rings (SSSR count). The lowest BCUT2D eigenvalue weighted by atomic mass is 10.1. The SMILES string of the molecule is CCCCc1c(Br)ccc([O-])c1[O-]. The second-order valence-electron chi connectivity index (χ2n) is 2.96. The maximum atomic E-state index is 11.4. The molecule has 0 N–H and O–H groups in total. The first-order valence-corrected chi connectivity index (χ1v) is 5.11. The van der Waals surface area contributed by atoms with Crippen molar-refractivity contribution in [2.45, 2.75) is 26.2 Å². The number of unbranched alkanes of at least 4 members (excludes halogenated alkanes) is 1. The summed E-state index contributed by atoms with van der Waals surface area (Å²) in [5.74, 6) is -0.767. The zero-order valence-corrected chi connectivity index (χ0v) is 9.06. The van der Waals surface area contributed by atoms with Crippen molar-refractivity contribution in [2.24, 2.45) is 0 Å². The molecule has 0 atom stereocenters. The standard InChI is InChI=1S/C10H13BrO2/c1-2-3-4-7-8(11)5-6-9(12)10(7)13/h5-6,12-13H,2-4H2,1H3/p-2. The summed E-state index contributed by atoms with van der Waals surface area (Å²) < 4.78 is 0.755. The highest BCUT2D eigenvalue weighted by molar-refractivity contribution is 9.10. The van der Waals surface area contributed by atoms with Gasteiger partial charge in [0.2, 0.25) is 0 Å². The van der Waals surface area contributed by atoms with Gasteiger partial charge in [-0.1, -0.05) is 35.3 Å². The molecule has 1 aromatic rings. The van der Waals surface area contributed by atoms with E-state index in [-0.39, 0.29) is 5.75 Å². The third-order valence-corrected chi connectivity index (χ3v) is 2.69. The Kier molecular flexibility index (Phi) is 3.60. The number of halogens is 1. The van der Waals surface area contributed by atoms with Crippen LogP contribution in [-0.4, -0.2) is 0 Å². The summed E-state index contributed by atoms with van der Waals surface area (Å²) in [5, 5.41) is 22.4. The molecule has 0 aliphatic heterocycles. The van der Waals surface area contributed by atoms with Crippen LogP contribution in [0.2, 0.25) is 0 Å². The molecule has 0 radical (unpaired) electrons. The van der Waals surface area contributed by atoms with Gasteiger partial charge >= 0.3 is 0 Å². The van der Waals surface area contributed by atoms with Crippen LogP contribution >= 0.6 is 15.9 Å². The van der Waals surface area contributed by atoms with E-state index >= 15 is 0 Å². The van der Waals surface area contributed by atoms with Crippen LogP contribution in [0.5, 0.6) is 11.5 Å². The van der Waals surface area contributed by atoms with Crippen molar-refractivity contribution in [3.05, 3.63) is 22.2 Å². The summed E-state index contributed by atoms with van der Waals surface area (Å²) >= 11 is 3.27. The van der Waals surface area contributed by atoms with Gasteiger partial charge in [0.15, 0.2) is 0 Å². The van der Waals surface area contributed by atoms with Gasteiger partial charge in [-0.3, -0.25) is 0 Å². The van der Waals surface area contributed by atoms with E-state index in [1.54, 1.807) is 6.07 Å². The molecule has 0 heterocycles. The van der Waals surface area contributed by atoms with Gasteiger partial charge in [-0.15, -0.1) is 11.5 Å². The van der Waals surface area contributed by atoms with Gasteiger partial charge in [-0.2, -0.15) is 0 Å². The molecule has 0 amide bonds. The van der Waals surface area contributed by atoms with E-state index in [1.807, 2.05) is 0 Å². The fraction of sp³-hybridized carbons (Fsp3) is 0.400. The molecule has 72 valence electrons. The summed E-state index contributed by atoms with van der Waals surface area (Å²) in [4.78, 5) is 0. The monoisotopic (exact) mass is 242 g/mol. The predicted octanol–water partition coefficient (Wildman–Crippen LogP) is 1.94. The van der Waals surface area contributed by atoms with Crippen LogP contribution in [0.25, 0.3) is 0 Å². The van der Waals surface area contributed by atoms with Gasteiger partial charge in [0.25, 0.3) is 0 Å². The van der Waals surface area contributed by atoms with Crippen LogP contribution in [-0.2, 0) is 6.42 Å². The molecule has 0 aliphatic carbocycles. The van der Waals surface area contributed by atoms with Crippen LogP contribution in [0.1, 0.15) is 25.3 Å². The zero-order valence-electron chi connectivity index (χ0n) is 7.47. The molecule has 0 saturated carbocycles. The van der Waals surface area contributed by atoms with Crippen LogP contribution in [0, 0.1) is 0 Å². The van der Waals surface area contributed by atoms with E-state index in [0.717, 1.165) is 17.3 Å². The Morgan fingerprint density at radius 2 is 2.00 bits per heavy atom. The van der Waals surface area contributed by atoms with Crippen LogP contribution in [0.15, 0.2) is 16.6 Å². The second kappa shape index (κ2) is 4.51. The number of hydrogen-bond acceptors (Lipinski definition) is 2. The topological polar surface area (TPSA) is 46.1 Å². The van der Waals surface area contributed by atoms with Crippen molar-refractivity contribution in [3.8, 4) is 11.5 Å². The highest BCUT2D eigenvalue weighted by Gasteiger charge is 1.99. The largest absolute Gasteiger partial charge is 0.873 e. The number of benzene rings is 1. The van der Waals surface area contributed by atoms with E-state index in [4.69, 9.17) is 0 Å². The minimum absolute atomic E-state index is 0.358. The Hall–Kier alpha value is -0.700. The molecule has 1 aromatic carbocycles. The number of rotatable bonds is 3. The molecule has 0 aromatic heterocycles. The van der Waals surface area contributed by atoms with Gasteiger partial charge in [0, 0.05) is 4.47 Å². The Balaban J connectivity index is 2.96. The molecule has 0 fully saturated rings. The Bertz CT molecular complexity index is 297. The third-order valence-electron chi connectivity index (χ3n) is 1.95. The van der Waals surface area contributed by atoms with Gasteiger partial charge in [-0.25, -0.2) is 0 Å². The van der Waals surface area contributed by atoms with Crippen molar-refractivity contribution < 1.29 is 10.2 Å². The highest BCUT2D eigenvalue weighted by Crippen LogP contribution is 2.31. The minimum atomic E-state index is -0.408. The van der Waals surface area contributed by atoms with Crippen LogP contribution in [0.4, 0.5) is 0 Å². The Morgan fingerprint density at radius 3 is 2.62 bits per heavy atom. The lowest BCUT2D eigenvalue weighted by molar-refractivity contribution is -0.318. The molecule has 3 heteroatoms. The molecule has 0 bridgehead atoms. The lowest BCUT2D eigenvalue weighted by Crippen LogP contribution is -2.04. The number of hydrogen-bond donors (Lipinski definition) is 0. The zero-order chi connectivity index (χ0) is 9.84. The van der Waals surface area contributed by atoms with Crippen LogP contribution < -0.4 is 10.2 Å². The van der Waals surface area contributed by atoms with Crippen molar-refractivity contribution >= 4 is 15.9 Å². The van der Waals surface area contributed by atoms with Crippen molar-refractivity contribution in [2.75, 3.05) is 0 Å². The predicted molar refractivity (Wildman–Crippen MR) is 51.6 cm³/mol. The Morgan fingerprint density at radius 1 is 1.31 bits per heavy atom. The summed E-state index contributed by atoms with van der Waals surface area (Å²) in [6.07, 6.45) is 2.65. The van der Waals surface area contributed by atoms with Gasteiger partial charge < -0.3 is 10.2 Å². The molecule has 0 saturated heterocycles. The fourth-order valence-corrected chi connectivity index (χ4v) is 1.68. The average molecular weight is 243 g/mol. The molecular formula is C10H11BrO2-2. The van der Waals surface area contributed by atoms with E-state index in [0.29, 0.717) is 12.0 Å². The summed E-state index contributed by atoms with van der Waals surface area (Å²) in [7, 11) is 0. The smallest absolute Gasteiger partial charge is 0.0200 e. The quantitative estimate of drug-likeness (QED) is 0.814. The first-order valence-electron chi connectivity index (χ1n) is 4.32.